The summed E-state index contributed by atoms with van der Waals surface area (Å²) in [6.45, 7) is 6.42. The van der Waals surface area contributed by atoms with Crippen molar-refractivity contribution in [3.05, 3.63) is 11.1 Å². The van der Waals surface area contributed by atoms with Gasteiger partial charge in [0, 0.05) is 18.7 Å². The van der Waals surface area contributed by atoms with Gasteiger partial charge in [0.15, 0.2) is 0 Å². The first-order valence-electron chi connectivity index (χ1n) is 5.36. The highest BCUT2D eigenvalue weighted by Gasteiger charge is 2.33. The highest BCUT2D eigenvalue weighted by molar-refractivity contribution is 5.97. The van der Waals surface area contributed by atoms with Crippen molar-refractivity contribution in [2.75, 3.05) is 13.1 Å². The van der Waals surface area contributed by atoms with Crippen molar-refractivity contribution in [2.45, 2.75) is 32.7 Å². The fourth-order valence-electron chi connectivity index (χ4n) is 1.31. The molecular weight excluding hydrogens is 208 g/mol. The fraction of sp³-hybridized carbons (Fsp3) is 0.636. The van der Waals surface area contributed by atoms with E-state index in [2.05, 4.69) is 10.6 Å². The average Bonchev–Trinajstić information content (AvgIpc) is 2.14. The molecule has 1 aliphatic rings. The summed E-state index contributed by atoms with van der Waals surface area (Å²) >= 11 is 0. The summed E-state index contributed by atoms with van der Waals surface area (Å²) in [7, 11) is 0. The summed E-state index contributed by atoms with van der Waals surface area (Å²) in [4.78, 5) is 22.8. The van der Waals surface area contributed by atoms with Gasteiger partial charge in [-0.2, -0.15) is 0 Å². The number of carboxylic acid groups (broad SMARTS) is 1. The monoisotopic (exact) mass is 226 g/mol. The van der Waals surface area contributed by atoms with Crippen LogP contribution in [0.4, 0.5) is 0 Å². The molecule has 0 spiro atoms. The number of rotatable bonds is 4. The Hall–Kier alpha value is -1.36. The number of amides is 1. The Labute approximate surface area is 94.9 Å². The summed E-state index contributed by atoms with van der Waals surface area (Å²) in [5.41, 5.74) is 0.483. The highest BCUT2D eigenvalue weighted by Crippen LogP contribution is 2.13. The molecule has 90 valence electrons. The number of carbonyl (C=O) groups is 2. The Balaban J connectivity index is 2.73. The van der Waals surface area contributed by atoms with Gasteiger partial charge < -0.3 is 15.7 Å². The minimum absolute atomic E-state index is 0.289. The predicted molar refractivity (Wildman–Crippen MR) is 60.0 cm³/mol. The minimum Gasteiger partial charge on any atom is -0.480 e. The number of carboxylic acids is 1. The van der Waals surface area contributed by atoms with Crippen LogP contribution in [0.1, 0.15) is 27.2 Å². The van der Waals surface area contributed by atoms with E-state index in [1.165, 1.54) is 6.92 Å². The molecule has 0 saturated carbocycles. The number of carbonyl (C=O) groups excluding carboxylic acids is 1. The summed E-state index contributed by atoms with van der Waals surface area (Å²) in [5.74, 6) is -1.30. The van der Waals surface area contributed by atoms with E-state index in [-0.39, 0.29) is 5.91 Å². The van der Waals surface area contributed by atoms with Gasteiger partial charge in [0.2, 0.25) is 5.91 Å². The fourth-order valence-corrected chi connectivity index (χ4v) is 1.31. The van der Waals surface area contributed by atoms with Crippen LogP contribution in [0.25, 0.3) is 0 Å². The van der Waals surface area contributed by atoms with Crippen molar-refractivity contribution in [1.29, 1.82) is 0 Å². The maximum atomic E-state index is 11.8. The van der Waals surface area contributed by atoms with Gasteiger partial charge in [-0.25, -0.2) is 4.79 Å². The second-order valence-electron chi connectivity index (χ2n) is 4.28. The van der Waals surface area contributed by atoms with E-state index in [1.807, 2.05) is 0 Å². The Morgan fingerprint density at radius 1 is 1.50 bits per heavy atom. The lowest BCUT2D eigenvalue weighted by Crippen LogP contribution is -2.52. The standard InChI is InChI=1S/C11H18N2O3/c1-4-11(3,10(15)16)13-9(14)7(2)8-5-12-6-8/h12H,4-6H2,1-3H3,(H,13,14)(H,15,16). The zero-order chi connectivity index (χ0) is 12.3. The predicted octanol–water partition coefficient (Wildman–Crippen LogP) is 0.276. The number of hydrogen-bond donors (Lipinski definition) is 3. The van der Waals surface area contributed by atoms with Crippen LogP contribution in [0.2, 0.25) is 0 Å². The lowest BCUT2D eigenvalue weighted by atomic mass is 9.97. The van der Waals surface area contributed by atoms with E-state index in [9.17, 15) is 9.59 Å². The molecule has 0 aromatic rings. The summed E-state index contributed by atoms with van der Waals surface area (Å²) in [5, 5.41) is 14.6. The molecule has 1 rings (SSSR count). The number of hydrogen-bond acceptors (Lipinski definition) is 3. The van der Waals surface area contributed by atoms with E-state index in [0.717, 1.165) is 18.7 Å². The molecule has 1 amide bonds. The van der Waals surface area contributed by atoms with Crippen LogP contribution in [-0.2, 0) is 9.59 Å². The molecule has 1 saturated heterocycles. The molecule has 0 aromatic heterocycles. The molecule has 0 radical (unpaired) electrons. The lowest BCUT2D eigenvalue weighted by molar-refractivity contribution is -0.146. The Bertz CT molecular complexity index is 343. The van der Waals surface area contributed by atoms with Gasteiger partial charge in [-0.15, -0.1) is 0 Å². The van der Waals surface area contributed by atoms with Crippen LogP contribution < -0.4 is 10.6 Å². The van der Waals surface area contributed by atoms with E-state index >= 15 is 0 Å². The first-order chi connectivity index (χ1) is 7.40. The van der Waals surface area contributed by atoms with Gasteiger partial charge in [-0.1, -0.05) is 6.92 Å². The highest BCUT2D eigenvalue weighted by atomic mass is 16.4. The Morgan fingerprint density at radius 3 is 2.38 bits per heavy atom. The SMILES string of the molecule is CCC(C)(NC(=O)C(C)=C1CNC1)C(=O)O. The maximum Gasteiger partial charge on any atom is 0.329 e. The first kappa shape index (κ1) is 12.7. The van der Waals surface area contributed by atoms with Crippen molar-refractivity contribution in [3.8, 4) is 0 Å². The van der Waals surface area contributed by atoms with Gasteiger partial charge in [0.1, 0.15) is 5.54 Å². The third-order valence-electron chi connectivity index (χ3n) is 3.12. The summed E-state index contributed by atoms with van der Waals surface area (Å²) in [6, 6.07) is 0. The van der Waals surface area contributed by atoms with Gasteiger partial charge in [0.05, 0.1) is 0 Å². The summed E-state index contributed by atoms with van der Waals surface area (Å²) in [6.07, 6.45) is 0.356. The average molecular weight is 226 g/mol. The molecule has 1 fully saturated rings. The molecule has 5 heteroatoms. The van der Waals surface area contributed by atoms with Crippen molar-refractivity contribution < 1.29 is 14.7 Å². The third kappa shape index (κ3) is 2.41. The molecule has 0 bridgehead atoms. The van der Waals surface area contributed by atoms with E-state index in [4.69, 9.17) is 5.11 Å². The topological polar surface area (TPSA) is 78.4 Å². The van der Waals surface area contributed by atoms with E-state index < -0.39 is 11.5 Å². The molecule has 3 N–H and O–H groups in total. The normalized spacial score (nSPS) is 18.3. The molecular formula is C11H18N2O3. The summed E-state index contributed by atoms with van der Waals surface area (Å²) < 4.78 is 0. The van der Waals surface area contributed by atoms with Gasteiger partial charge >= 0.3 is 5.97 Å². The molecule has 1 atom stereocenters. The molecule has 1 heterocycles. The Kier molecular flexibility index (Phi) is 3.70. The number of aliphatic carboxylic acids is 1. The third-order valence-corrected chi connectivity index (χ3v) is 3.12. The van der Waals surface area contributed by atoms with Crippen LogP contribution in [-0.4, -0.2) is 35.6 Å². The van der Waals surface area contributed by atoms with E-state index in [1.54, 1.807) is 13.8 Å². The van der Waals surface area contributed by atoms with E-state index in [0.29, 0.717) is 12.0 Å². The number of nitrogens with one attached hydrogen (secondary N) is 2. The van der Waals surface area contributed by atoms with Crippen LogP contribution in [0.3, 0.4) is 0 Å². The Morgan fingerprint density at radius 2 is 2.06 bits per heavy atom. The van der Waals surface area contributed by atoms with Crippen LogP contribution in [0, 0.1) is 0 Å². The van der Waals surface area contributed by atoms with Crippen molar-refractivity contribution in [1.82, 2.24) is 10.6 Å². The first-order valence-corrected chi connectivity index (χ1v) is 5.36. The van der Waals surface area contributed by atoms with Crippen molar-refractivity contribution in [3.63, 3.8) is 0 Å². The van der Waals surface area contributed by atoms with Gasteiger partial charge in [-0.05, 0) is 25.8 Å². The zero-order valence-electron chi connectivity index (χ0n) is 9.89. The smallest absolute Gasteiger partial charge is 0.329 e. The zero-order valence-corrected chi connectivity index (χ0v) is 9.89. The van der Waals surface area contributed by atoms with Crippen molar-refractivity contribution in [2.24, 2.45) is 0 Å². The maximum absolute atomic E-state index is 11.8. The molecule has 0 aliphatic carbocycles. The molecule has 16 heavy (non-hydrogen) atoms. The molecule has 1 unspecified atom stereocenters. The van der Waals surface area contributed by atoms with Crippen molar-refractivity contribution >= 4 is 11.9 Å². The quantitative estimate of drug-likeness (QED) is 0.601. The van der Waals surface area contributed by atoms with Crippen LogP contribution >= 0.6 is 0 Å². The van der Waals surface area contributed by atoms with Gasteiger partial charge in [-0.3, -0.25) is 4.79 Å². The van der Waals surface area contributed by atoms with Crippen LogP contribution in [0.5, 0.6) is 0 Å². The van der Waals surface area contributed by atoms with Crippen LogP contribution in [0.15, 0.2) is 11.1 Å². The largest absolute Gasteiger partial charge is 0.480 e. The second kappa shape index (κ2) is 4.65. The molecule has 0 aromatic carbocycles. The lowest BCUT2D eigenvalue weighted by Gasteiger charge is -2.27. The minimum atomic E-state index is -1.18. The second-order valence-corrected chi connectivity index (χ2v) is 4.28. The molecule has 5 nitrogen and oxygen atoms in total. The molecule has 1 aliphatic heterocycles. The van der Waals surface area contributed by atoms with Gasteiger partial charge in [0.25, 0.3) is 0 Å².